The van der Waals surface area contributed by atoms with Crippen molar-refractivity contribution in [1.29, 1.82) is 0 Å². The zero-order valence-electron chi connectivity index (χ0n) is 20.4. The van der Waals surface area contributed by atoms with Crippen molar-refractivity contribution in [3.05, 3.63) is 29.7 Å². The monoisotopic (exact) mass is 463 g/mol. The Morgan fingerprint density at radius 1 is 1.30 bits per heavy atom. The maximum absolute atomic E-state index is 14.2. The molecule has 182 valence electrons. The van der Waals surface area contributed by atoms with Gasteiger partial charge in [0, 0.05) is 19.5 Å². The normalized spacial score (nSPS) is 21.6. The van der Waals surface area contributed by atoms with Gasteiger partial charge in [0.1, 0.15) is 25.4 Å². The molecule has 0 N–H and O–H groups in total. The Bertz CT molecular complexity index is 888. The predicted molar refractivity (Wildman–Crippen MR) is 127 cm³/mol. The van der Waals surface area contributed by atoms with Crippen LogP contribution in [-0.4, -0.2) is 54.0 Å². The van der Waals surface area contributed by atoms with Crippen molar-refractivity contribution >= 4 is 19.4 Å². The van der Waals surface area contributed by atoms with Crippen molar-refractivity contribution in [2.45, 2.75) is 77.7 Å². The first-order chi connectivity index (χ1) is 15.5. The van der Waals surface area contributed by atoms with Crippen LogP contribution in [0.5, 0.6) is 5.88 Å². The smallest absolute Gasteiger partial charge is 0.410 e. The van der Waals surface area contributed by atoms with E-state index in [0.29, 0.717) is 24.0 Å². The van der Waals surface area contributed by atoms with E-state index >= 15 is 0 Å². The number of rotatable bonds is 7. The van der Waals surface area contributed by atoms with Crippen LogP contribution in [0, 0.1) is 11.8 Å². The third kappa shape index (κ3) is 7.08. The lowest BCUT2D eigenvalue weighted by atomic mass is 9.89. The lowest BCUT2D eigenvalue weighted by molar-refractivity contribution is 0.0283. The number of allylic oxidation sites excluding steroid dienone is 3. The highest BCUT2D eigenvalue weighted by molar-refractivity contribution is 6.35. The van der Waals surface area contributed by atoms with Crippen LogP contribution >= 0.6 is 0 Å². The van der Waals surface area contributed by atoms with Gasteiger partial charge in [0.05, 0.1) is 18.8 Å². The highest BCUT2D eigenvalue weighted by Crippen LogP contribution is 2.27. The van der Waals surface area contributed by atoms with Crippen molar-refractivity contribution in [1.82, 2.24) is 14.7 Å². The third-order valence-electron chi connectivity index (χ3n) is 6.11. The third-order valence-corrected chi connectivity index (χ3v) is 6.11. The van der Waals surface area contributed by atoms with Gasteiger partial charge in [-0.25, -0.2) is 18.3 Å². The molecule has 0 saturated heterocycles. The molecule has 1 aromatic rings. The molecule has 1 fully saturated rings. The molecule has 2 aliphatic carbocycles. The van der Waals surface area contributed by atoms with Crippen molar-refractivity contribution in [2.75, 3.05) is 13.7 Å². The van der Waals surface area contributed by atoms with Crippen molar-refractivity contribution in [2.24, 2.45) is 11.8 Å². The van der Waals surface area contributed by atoms with Crippen LogP contribution in [0.15, 0.2) is 24.1 Å². The van der Waals surface area contributed by atoms with E-state index < -0.39 is 29.6 Å². The Morgan fingerprint density at radius 2 is 2.00 bits per heavy atom. The number of alkyl halides is 1. The van der Waals surface area contributed by atoms with Gasteiger partial charge in [-0.3, -0.25) is 0 Å². The molecule has 1 heterocycles. The summed E-state index contributed by atoms with van der Waals surface area (Å²) in [5, 5.41) is 4.77. The minimum absolute atomic E-state index is 0.0114. The molecule has 9 heteroatoms. The second kappa shape index (κ2) is 10.7. The van der Waals surface area contributed by atoms with Gasteiger partial charge >= 0.3 is 6.09 Å². The first-order valence-electron chi connectivity index (χ1n) is 11.9. The number of aromatic nitrogens is 2. The van der Waals surface area contributed by atoms with E-state index in [9.17, 15) is 13.6 Å². The number of hydrogen-bond acceptors (Lipinski definition) is 4. The second-order valence-corrected chi connectivity index (χ2v) is 10.2. The number of amides is 1. The van der Waals surface area contributed by atoms with Crippen molar-refractivity contribution in [3.63, 3.8) is 0 Å². The van der Waals surface area contributed by atoms with E-state index in [4.69, 9.17) is 14.6 Å². The first kappa shape index (κ1) is 25.3. The Hall–Kier alpha value is -2.32. The van der Waals surface area contributed by atoms with Crippen molar-refractivity contribution < 1.29 is 23.0 Å². The molecule has 3 rings (SSSR count). The Balaban J connectivity index is 1.77. The summed E-state index contributed by atoms with van der Waals surface area (Å²) >= 11 is 0. The molecule has 1 amide bonds. The molecule has 0 radical (unpaired) electrons. The lowest BCUT2D eigenvalue weighted by Crippen LogP contribution is -2.35. The first-order valence-corrected chi connectivity index (χ1v) is 11.9. The Morgan fingerprint density at radius 3 is 2.67 bits per heavy atom. The largest absolute Gasteiger partial charge is 0.477 e. The number of carbonyl (C=O) groups excluding carboxylic acids is 1. The summed E-state index contributed by atoms with van der Waals surface area (Å²) in [6.45, 7) is 6.46. The fourth-order valence-electron chi connectivity index (χ4n) is 4.28. The lowest BCUT2D eigenvalue weighted by Gasteiger charge is -2.24. The van der Waals surface area contributed by atoms with E-state index in [-0.39, 0.29) is 13.2 Å². The van der Waals surface area contributed by atoms with Crippen LogP contribution in [0.3, 0.4) is 0 Å². The number of carbonyl (C=O) groups is 1. The molecule has 0 bridgehead atoms. The molecular weight excluding hydrogens is 427 g/mol. The quantitative estimate of drug-likeness (QED) is 0.577. The van der Waals surface area contributed by atoms with Crippen LogP contribution in [0.4, 0.5) is 13.6 Å². The van der Waals surface area contributed by atoms with E-state index in [2.05, 4.69) is 0 Å². The molecule has 2 aliphatic rings. The standard InChI is InChI=1S/C24H36BF2N3O3/c1-24(2,3)33-23(31)29(4)14-20-21(25)22(30(28-20)13-16-8-6-5-7-9-16)32-15-17-12-18(26)10-11-19(17)27/h10-12,16-17,19H,5-9,13-15,25H2,1-4H3. The summed E-state index contributed by atoms with van der Waals surface area (Å²) in [6.07, 6.45) is 7.85. The van der Waals surface area contributed by atoms with E-state index in [1.165, 1.54) is 36.3 Å². The topological polar surface area (TPSA) is 56.6 Å². The van der Waals surface area contributed by atoms with E-state index in [1.807, 2.05) is 33.3 Å². The highest BCUT2D eigenvalue weighted by Gasteiger charge is 2.26. The molecule has 0 aromatic carbocycles. The predicted octanol–water partition coefficient (Wildman–Crippen LogP) is 3.85. The number of hydrogen-bond donors (Lipinski definition) is 0. The van der Waals surface area contributed by atoms with Gasteiger partial charge in [-0.1, -0.05) is 19.3 Å². The SMILES string of the molecule is Bc1c(CN(C)C(=O)OC(C)(C)C)nn(CC2CCCCC2)c1OCC1C=C(F)C=CC1F. The number of ether oxygens (including phenoxy) is 2. The molecule has 0 aliphatic heterocycles. The summed E-state index contributed by atoms with van der Waals surface area (Å²) in [5.41, 5.74) is 0.915. The minimum Gasteiger partial charge on any atom is -0.477 e. The number of nitrogens with zero attached hydrogens (tertiary/aromatic N) is 3. The molecule has 2 atom stereocenters. The van der Waals surface area contributed by atoms with Gasteiger partial charge in [-0.2, -0.15) is 5.10 Å². The van der Waals surface area contributed by atoms with Crippen LogP contribution in [0.1, 0.15) is 58.6 Å². The minimum atomic E-state index is -1.29. The molecule has 1 aromatic heterocycles. The van der Waals surface area contributed by atoms with Gasteiger partial charge < -0.3 is 14.4 Å². The van der Waals surface area contributed by atoms with Gasteiger partial charge in [-0.05, 0) is 63.2 Å². The Kier molecular flexibility index (Phi) is 8.24. The molecule has 0 spiro atoms. The van der Waals surface area contributed by atoms with Gasteiger partial charge in [0.15, 0.2) is 0 Å². The molecule has 1 saturated carbocycles. The van der Waals surface area contributed by atoms with Crippen LogP contribution in [0.2, 0.25) is 0 Å². The Labute approximate surface area is 196 Å². The summed E-state index contributed by atoms with van der Waals surface area (Å²) < 4.78 is 41.2. The molecule has 33 heavy (non-hydrogen) atoms. The second-order valence-electron chi connectivity index (χ2n) is 10.2. The average Bonchev–Trinajstić information content (AvgIpc) is 3.02. The van der Waals surface area contributed by atoms with Crippen molar-refractivity contribution in [3.8, 4) is 5.88 Å². The summed E-state index contributed by atoms with van der Waals surface area (Å²) in [6, 6.07) is 0. The maximum Gasteiger partial charge on any atom is 0.410 e. The molecule has 6 nitrogen and oxygen atoms in total. The summed E-state index contributed by atoms with van der Waals surface area (Å²) in [5.74, 6) is -0.0886. The van der Waals surface area contributed by atoms with E-state index in [1.54, 1.807) is 7.05 Å². The van der Waals surface area contributed by atoms with Gasteiger partial charge in [0.2, 0.25) is 5.88 Å². The fraction of sp³-hybridized carbons (Fsp3) is 0.667. The van der Waals surface area contributed by atoms with Crippen LogP contribution < -0.4 is 10.2 Å². The summed E-state index contributed by atoms with van der Waals surface area (Å²) in [4.78, 5) is 13.9. The van der Waals surface area contributed by atoms with Crippen LogP contribution in [0.25, 0.3) is 0 Å². The van der Waals surface area contributed by atoms with Gasteiger partial charge in [0.25, 0.3) is 0 Å². The number of halogens is 2. The molecular formula is C24H36BF2N3O3. The fourth-order valence-corrected chi connectivity index (χ4v) is 4.28. The molecule has 2 unspecified atom stereocenters. The van der Waals surface area contributed by atoms with E-state index in [0.717, 1.165) is 24.4 Å². The van der Waals surface area contributed by atoms with Crippen LogP contribution in [-0.2, 0) is 17.8 Å². The van der Waals surface area contributed by atoms with Gasteiger partial charge in [-0.15, -0.1) is 0 Å². The maximum atomic E-state index is 14.2. The highest BCUT2D eigenvalue weighted by atomic mass is 19.1. The average molecular weight is 463 g/mol. The zero-order chi connectivity index (χ0) is 24.2. The summed E-state index contributed by atoms with van der Waals surface area (Å²) in [7, 11) is 3.56. The zero-order valence-corrected chi connectivity index (χ0v) is 20.4.